The molecule has 1 aromatic rings. The van der Waals surface area contributed by atoms with Crippen LogP contribution in [-0.4, -0.2) is 33.6 Å². The van der Waals surface area contributed by atoms with Gasteiger partial charge in [0, 0.05) is 12.6 Å². The number of aromatic amines is 2. The van der Waals surface area contributed by atoms with E-state index in [4.69, 9.17) is 0 Å². The summed E-state index contributed by atoms with van der Waals surface area (Å²) in [5.74, 6) is -0.601. The van der Waals surface area contributed by atoms with Crippen molar-refractivity contribution < 1.29 is 9.90 Å². The predicted molar refractivity (Wildman–Crippen MR) is 70.1 cm³/mol. The van der Waals surface area contributed by atoms with E-state index in [0.717, 1.165) is 6.07 Å². The third-order valence-corrected chi connectivity index (χ3v) is 2.35. The zero-order valence-corrected chi connectivity index (χ0v) is 11.2. The summed E-state index contributed by atoms with van der Waals surface area (Å²) in [5, 5.41) is 12.2. The van der Waals surface area contributed by atoms with Crippen LogP contribution in [0.25, 0.3) is 0 Å². The number of hydrogen-bond donors (Lipinski definition) is 4. The number of carbonyl (C=O) groups is 1. The quantitative estimate of drug-likeness (QED) is 0.594. The van der Waals surface area contributed by atoms with Crippen LogP contribution in [0.4, 0.5) is 0 Å². The van der Waals surface area contributed by atoms with E-state index in [-0.39, 0.29) is 17.7 Å². The number of aromatic nitrogens is 2. The van der Waals surface area contributed by atoms with E-state index in [0.29, 0.717) is 6.42 Å². The standard InChI is InChI=1S/C12H19N3O4/c1-12(2,3)5-7(16)6-13-10(18)8-4-9(17)15-11(19)14-8/h4,7,16H,5-6H2,1-3H3,(H,13,18)(H2,14,15,17,19). The lowest BCUT2D eigenvalue weighted by Crippen LogP contribution is -2.36. The summed E-state index contributed by atoms with van der Waals surface area (Å²) < 4.78 is 0. The van der Waals surface area contributed by atoms with E-state index < -0.39 is 23.3 Å². The molecule has 106 valence electrons. The number of carbonyl (C=O) groups excluding carboxylic acids is 1. The molecule has 0 fully saturated rings. The number of amides is 1. The zero-order chi connectivity index (χ0) is 14.6. The Labute approximate surface area is 110 Å². The van der Waals surface area contributed by atoms with Gasteiger partial charge >= 0.3 is 5.69 Å². The molecule has 0 aliphatic heterocycles. The Morgan fingerprint density at radius 1 is 1.37 bits per heavy atom. The van der Waals surface area contributed by atoms with E-state index in [1.165, 1.54) is 0 Å². The largest absolute Gasteiger partial charge is 0.391 e. The normalized spacial score (nSPS) is 13.1. The van der Waals surface area contributed by atoms with Crippen molar-refractivity contribution in [2.45, 2.75) is 33.3 Å². The summed E-state index contributed by atoms with van der Waals surface area (Å²) in [6.07, 6.45) is -0.156. The number of aliphatic hydroxyl groups excluding tert-OH is 1. The molecule has 7 heteroatoms. The summed E-state index contributed by atoms with van der Waals surface area (Å²) in [7, 11) is 0. The van der Waals surface area contributed by atoms with Crippen LogP contribution >= 0.6 is 0 Å². The Kier molecular flexibility index (Phi) is 4.66. The molecule has 1 atom stereocenters. The first-order valence-corrected chi connectivity index (χ1v) is 5.97. The van der Waals surface area contributed by atoms with Gasteiger partial charge in [-0.25, -0.2) is 4.79 Å². The van der Waals surface area contributed by atoms with Gasteiger partial charge in [-0.05, 0) is 11.8 Å². The molecular weight excluding hydrogens is 250 g/mol. The van der Waals surface area contributed by atoms with E-state index >= 15 is 0 Å². The van der Waals surface area contributed by atoms with E-state index in [1.807, 2.05) is 25.8 Å². The maximum atomic E-state index is 11.7. The zero-order valence-electron chi connectivity index (χ0n) is 11.2. The van der Waals surface area contributed by atoms with Crippen LogP contribution in [0.2, 0.25) is 0 Å². The lowest BCUT2D eigenvalue weighted by molar-refractivity contribution is 0.0863. The minimum Gasteiger partial charge on any atom is -0.391 e. The smallest absolute Gasteiger partial charge is 0.326 e. The highest BCUT2D eigenvalue weighted by molar-refractivity contribution is 5.92. The second-order valence-corrected chi connectivity index (χ2v) is 5.63. The van der Waals surface area contributed by atoms with Crippen molar-refractivity contribution in [3.8, 4) is 0 Å². The fourth-order valence-corrected chi connectivity index (χ4v) is 1.68. The predicted octanol–water partition coefficient (Wildman–Crippen LogP) is -0.410. The van der Waals surface area contributed by atoms with Crippen molar-refractivity contribution >= 4 is 5.91 Å². The highest BCUT2D eigenvalue weighted by Crippen LogP contribution is 2.20. The molecule has 0 aliphatic carbocycles. The molecule has 19 heavy (non-hydrogen) atoms. The number of nitrogens with one attached hydrogen (secondary N) is 3. The molecule has 0 radical (unpaired) electrons. The van der Waals surface area contributed by atoms with Gasteiger partial charge < -0.3 is 15.4 Å². The first-order valence-electron chi connectivity index (χ1n) is 5.97. The molecule has 1 rings (SSSR count). The van der Waals surface area contributed by atoms with Crippen molar-refractivity contribution in [2.75, 3.05) is 6.54 Å². The van der Waals surface area contributed by atoms with Crippen molar-refractivity contribution in [1.82, 2.24) is 15.3 Å². The molecule has 0 saturated heterocycles. The van der Waals surface area contributed by atoms with Gasteiger partial charge in [0.05, 0.1) is 6.10 Å². The van der Waals surface area contributed by atoms with Gasteiger partial charge in [0.25, 0.3) is 11.5 Å². The maximum Gasteiger partial charge on any atom is 0.326 e. The number of H-pyrrole nitrogens is 2. The number of hydrogen-bond acceptors (Lipinski definition) is 4. The second-order valence-electron chi connectivity index (χ2n) is 5.63. The Morgan fingerprint density at radius 3 is 2.53 bits per heavy atom. The Bertz CT molecular complexity index is 525. The highest BCUT2D eigenvalue weighted by atomic mass is 16.3. The molecule has 1 amide bonds. The van der Waals surface area contributed by atoms with Crippen LogP contribution in [0.15, 0.2) is 15.7 Å². The first-order chi connectivity index (χ1) is 8.67. The molecule has 0 aliphatic rings. The summed E-state index contributed by atoms with van der Waals surface area (Å²) >= 11 is 0. The first kappa shape index (κ1) is 15.2. The second kappa shape index (κ2) is 5.83. The van der Waals surface area contributed by atoms with E-state index in [9.17, 15) is 19.5 Å². The van der Waals surface area contributed by atoms with E-state index in [2.05, 4.69) is 10.3 Å². The van der Waals surface area contributed by atoms with Gasteiger partial charge in [-0.2, -0.15) is 0 Å². The lowest BCUT2D eigenvalue weighted by atomic mass is 9.89. The minimum absolute atomic E-state index is 0.0532. The third-order valence-electron chi connectivity index (χ3n) is 2.35. The van der Waals surface area contributed by atoms with Crippen LogP contribution in [0.5, 0.6) is 0 Å². The summed E-state index contributed by atoms with van der Waals surface area (Å²) in [6.45, 7) is 6.00. The van der Waals surface area contributed by atoms with Gasteiger partial charge in [-0.3, -0.25) is 14.6 Å². The summed E-state index contributed by atoms with van der Waals surface area (Å²) in [6, 6.07) is 0.993. The van der Waals surface area contributed by atoms with Crippen molar-refractivity contribution in [3.63, 3.8) is 0 Å². The fourth-order valence-electron chi connectivity index (χ4n) is 1.68. The topological polar surface area (TPSA) is 115 Å². The summed E-state index contributed by atoms with van der Waals surface area (Å²) in [5.41, 5.74) is -1.57. The molecular formula is C12H19N3O4. The SMILES string of the molecule is CC(C)(C)CC(O)CNC(=O)c1cc(=O)[nH]c(=O)[nH]1. The van der Waals surface area contributed by atoms with Crippen molar-refractivity contribution in [2.24, 2.45) is 5.41 Å². The molecule has 0 aromatic carbocycles. The van der Waals surface area contributed by atoms with Gasteiger partial charge in [-0.15, -0.1) is 0 Å². The average Bonchev–Trinajstić information content (AvgIpc) is 2.22. The van der Waals surface area contributed by atoms with Gasteiger partial charge in [0.1, 0.15) is 5.69 Å². The summed E-state index contributed by atoms with van der Waals surface area (Å²) in [4.78, 5) is 37.9. The monoisotopic (exact) mass is 269 g/mol. The van der Waals surface area contributed by atoms with Crippen molar-refractivity contribution in [1.29, 1.82) is 0 Å². The lowest BCUT2D eigenvalue weighted by Gasteiger charge is -2.22. The Morgan fingerprint density at radius 2 is 2.00 bits per heavy atom. The molecule has 1 heterocycles. The van der Waals surface area contributed by atoms with Crippen LogP contribution in [0, 0.1) is 5.41 Å². The van der Waals surface area contributed by atoms with Crippen LogP contribution in [0.1, 0.15) is 37.7 Å². The minimum atomic E-state index is -0.743. The van der Waals surface area contributed by atoms with Crippen molar-refractivity contribution in [3.05, 3.63) is 32.6 Å². The fraction of sp³-hybridized carbons (Fsp3) is 0.583. The third kappa shape index (κ3) is 5.52. The molecule has 1 unspecified atom stereocenters. The maximum absolute atomic E-state index is 11.7. The Hall–Kier alpha value is -1.89. The number of rotatable bonds is 4. The average molecular weight is 269 g/mol. The molecule has 4 N–H and O–H groups in total. The van der Waals surface area contributed by atoms with Gasteiger partial charge in [-0.1, -0.05) is 20.8 Å². The highest BCUT2D eigenvalue weighted by Gasteiger charge is 2.17. The molecule has 0 saturated carbocycles. The van der Waals surface area contributed by atoms with Crippen LogP contribution in [0.3, 0.4) is 0 Å². The molecule has 7 nitrogen and oxygen atoms in total. The number of aliphatic hydroxyl groups is 1. The van der Waals surface area contributed by atoms with Gasteiger partial charge in [0.15, 0.2) is 0 Å². The molecule has 0 spiro atoms. The molecule has 1 aromatic heterocycles. The Balaban J connectivity index is 2.61. The van der Waals surface area contributed by atoms with E-state index in [1.54, 1.807) is 0 Å². The van der Waals surface area contributed by atoms with Crippen LogP contribution < -0.4 is 16.6 Å². The van der Waals surface area contributed by atoms with Gasteiger partial charge in [0.2, 0.25) is 0 Å². The van der Waals surface area contributed by atoms with Crippen LogP contribution in [-0.2, 0) is 0 Å². The molecule has 0 bridgehead atoms.